The van der Waals surface area contributed by atoms with Gasteiger partial charge in [0.2, 0.25) is 0 Å². The molecule has 1 heterocycles. The Morgan fingerprint density at radius 3 is 2.85 bits per heavy atom. The second-order valence-electron chi connectivity index (χ2n) is 3.42. The zero-order valence-corrected chi connectivity index (χ0v) is 7.77. The number of nitrogens with one attached hydrogen (secondary N) is 1. The predicted molar refractivity (Wildman–Crippen MR) is 46.8 cm³/mol. The lowest BCUT2D eigenvalue weighted by Crippen LogP contribution is -2.34. The Morgan fingerprint density at radius 1 is 1.38 bits per heavy atom. The van der Waals surface area contributed by atoms with E-state index in [4.69, 9.17) is 0 Å². The molecule has 13 heavy (non-hydrogen) atoms. The van der Waals surface area contributed by atoms with Gasteiger partial charge in [-0.1, -0.05) is 6.42 Å². The van der Waals surface area contributed by atoms with Gasteiger partial charge in [-0.15, -0.1) is 0 Å². The first kappa shape index (κ1) is 10.9. The second kappa shape index (κ2) is 6.27. The van der Waals surface area contributed by atoms with Crippen LogP contribution in [0.25, 0.3) is 0 Å². The molecule has 1 N–H and O–H groups in total. The van der Waals surface area contributed by atoms with Crippen LogP contribution in [0.15, 0.2) is 0 Å². The van der Waals surface area contributed by atoms with E-state index in [-0.39, 0.29) is 6.61 Å². The Bertz CT molecular complexity index is 127. The third-order valence-electron chi connectivity index (χ3n) is 2.35. The lowest BCUT2D eigenvalue weighted by atomic mass is 10.0. The smallest absolute Gasteiger partial charge is 0.323 e. The van der Waals surface area contributed by atoms with Gasteiger partial charge >= 0.3 is 6.61 Å². The summed E-state index contributed by atoms with van der Waals surface area (Å²) in [6, 6.07) is 0.523. The molecule has 0 amide bonds. The molecule has 1 fully saturated rings. The average Bonchev–Trinajstić information content (AvgIpc) is 2.14. The van der Waals surface area contributed by atoms with Crippen molar-refractivity contribution in [2.45, 2.75) is 44.8 Å². The number of halogens is 2. The molecule has 0 aromatic rings. The minimum Gasteiger partial charge on any atom is -0.323 e. The molecule has 78 valence electrons. The number of alkyl halides is 2. The van der Waals surface area contributed by atoms with Gasteiger partial charge in [0.25, 0.3) is 0 Å². The van der Waals surface area contributed by atoms with Gasteiger partial charge in [-0.25, -0.2) is 0 Å². The molecular formula is C9H17F2NO. The van der Waals surface area contributed by atoms with Crippen LogP contribution in [0.4, 0.5) is 8.78 Å². The van der Waals surface area contributed by atoms with E-state index in [2.05, 4.69) is 10.1 Å². The third-order valence-corrected chi connectivity index (χ3v) is 2.35. The lowest BCUT2D eigenvalue weighted by Gasteiger charge is -2.23. The van der Waals surface area contributed by atoms with Crippen molar-refractivity contribution in [3.8, 4) is 0 Å². The van der Waals surface area contributed by atoms with Crippen molar-refractivity contribution in [3.63, 3.8) is 0 Å². The molecule has 1 saturated heterocycles. The molecule has 2 nitrogen and oxygen atoms in total. The summed E-state index contributed by atoms with van der Waals surface area (Å²) in [5.41, 5.74) is 0. The predicted octanol–water partition coefficient (Wildman–Crippen LogP) is 2.15. The van der Waals surface area contributed by atoms with Crippen LogP contribution in [0.1, 0.15) is 32.1 Å². The summed E-state index contributed by atoms with van der Waals surface area (Å²) in [6.07, 6.45) is 5.35. The lowest BCUT2D eigenvalue weighted by molar-refractivity contribution is -0.129. The van der Waals surface area contributed by atoms with E-state index < -0.39 is 6.61 Å². The SMILES string of the molecule is FC(F)OCCCC1CCCCN1. The van der Waals surface area contributed by atoms with Crippen molar-refractivity contribution in [2.24, 2.45) is 0 Å². The number of hydrogen-bond donors (Lipinski definition) is 1. The molecule has 0 aromatic heterocycles. The highest BCUT2D eigenvalue weighted by Gasteiger charge is 2.11. The van der Waals surface area contributed by atoms with E-state index in [9.17, 15) is 8.78 Å². The molecule has 1 rings (SSSR count). The van der Waals surface area contributed by atoms with E-state index >= 15 is 0 Å². The van der Waals surface area contributed by atoms with E-state index in [0.717, 1.165) is 19.4 Å². The van der Waals surface area contributed by atoms with Crippen LogP contribution >= 0.6 is 0 Å². The highest BCUT2D eigenvalue weighted by atomic mass is 19.3. The van der Waals surface area contributed by atoms with Crippen molar-refractivity contribution in [2.75, 3.05) is 13.2 Å². The van der Waals surface area contributed by atoms with Crippen molar-refractivity contribution in [1.82, 2.24) is 5.32 Å². The summed E-state index contributed by atoms with van der Waals surface area (Å²) >= 11 is 0. The van der Waals surface area contributed by atoms with Gasteiger partial charge < -0.3 is 10.1 Å². The van der Waals surface area contributed by atoms with Crippen LogP contribution < -0.4 is 5.32 Å². The van der Waals surface area contributed by atoms with Gasteiger partial charge in [0.1, 0.15) is 0 Å². The Balaban J connectivity index is 1.92. The summed E-state index contributed by atoms with van der Waals surface area (Å²) in [7, 11) is 0. The summed E-state index contributed by atoms with van der Waals surface area (Å²) in [4.78, 5) is 0. The molecule has 0 bridgehead atoms. The fourth-order valence-electron chi connectivity index (χ4n) is 1.67. The molecule has 0 aromatic carbocycles. The average molecular weight is 193 g/mol. The van der Waals surface area contributed by atoms with Crippen LogP contribution in [0.3, 0.4) is 0 Å². The normalized spacial score (nSPS) is 23.8. The van der Waals surface area contributed by atoms with Crippen LogP contribution in [-0.4, -0.2) is 25.8 Å². The zero-order chi connectivity index (χ0) is 9.52. The quantitative estimate of drug-likeness (QED) is 0.675. The number of piperidine rings is 1. The van der Waals surface area contributed by atoms with Gasteiger partial charge in [-0.3, -0.25) is 0 Å². The topological polar surface area (TPSA) is 21.3 Å². The zero-order valence-electron chi connectivity index (χ0n) is 7.77. The molecule has 0 radical (unpaired) electrons. The highest BCUT2D eigenvalue weighted by molar-refractivity contribution is 4.71. The minimum atomic E-state index is -2.61. The fourth-order valence-corrected chi connectivity index (χ4v) is 1.67. The Labute approximate surface area is 77.6 Å². The van der Waals surface area contributed by atoms with Crippen molar-refractivity contribution in [1.29, 1.82) is 0 Å². The molecule has 1 unspecified atom stereocenters. The van der Waals surface area contributed by atoms with Crippen molar-refractivity contribution >= 4 is 0 Å². The molecule has 1 atom stereocenters. The number of rotatable bonds is 5. The summed E-state index contributed by atoms with van der Waals surface area (Å²) in [5, 5.41) is 3.36. The maximum absolute atomic E-state index is 11.6. The summed E-state index contributed by atoms with van der Waals surface area (Å²) in [5.74, 6) is 0. The van der Waals surface area contributed by atoms with E-state index in [1.165, 1.54) is 19.3 Å². The van der Waals surface area contributed by atoms with Gasteiger partial charge in [0.15, 0.2) is 0 Å². The highest BCUT2D eigenvalue weighted by Crippen LogP contribution is 2.11. The second-order valence-corrected chi connectivity index (χ2v) is 3.42. The molecule has 4 heteroatoms. The van der Waals surface area contributed by atoms with Crippen molar-refractivity contribution in [3.05, 3.63) is 0 Å². The minimum absolute atomic E-state index is 0.176. The Hall–Kier alpha value is -0.220. The number of hydrogen-bond acceptors (Lipinski definition) is 2. The Kier molecular flexibility index (Phi) is 5.23. The first-order valence-corrected chi connectivity index (χ1v) is 4.92. The van der Waals surface area contributed by atoms with Crippen LogP contribution in [0.5, 0.6) is 0 Å². The molecule has 0 aliphatic carbocycles. The van der Waals surface area contributed by atoms with E-state index in [1.807, 2.05) is 0 Å². The standard InChI is InChI=1S/C9H17F2NO/c10-9(11)13-7-3-5-8-4-1-2-6-12-8/h8-9,12H,1-7H2. The van der Waals surface area contributed by atoms with Gasteiger partial charge in [-0.05, 0) is 32.2 Å². The first-order chi connectivity index (χ1) is 6.29. The van der Waals surface area contributed by atoms with Gasteiger partial charge in [0.05, 0.1) is 6.61 Å². The van der Waals surface area contributed by atoms with E-state index in [1.54, 1.807) is 0 Å². The van der Waals surface area contributed by atoms with E-state index in [0.29, 0.717) is 6.04 Å². The van der Waals surface area contributed by atoms with Crippen LogP contribution in [-0.2, 0) is 4.74 Å². The largest absolute Gasteiger partial charge is 0.345 e. The van der Waals surface area contributed by atoms with Crippen LogP contribution in [0, 0.1) is 0 Å². The monoisotopic (exact) mass is 193 g/mol. The maximum atomic E-state index is 11.6. The maximum Gasteiger partial charge on any atom is 0.345 e. The summed E-state index contributed by atoms with van der Waals surface area (Å²) < 4.78 is 27.3. The molecule has 1 aliphatic rings. The van der Waals surface area contributed by atoms with Gasteiger partial charge in [-0.2, -0.15) is 8.78 Å². The molecule has 0 spiro atoms. The van der Waals surface area contributed by atoms with Crippen molar-refractivity contribution < 1.29 is 13.5 Å². The van der Waals surface area contributed by atoms with Crippen LogP contribution in [0.2, 0.25) is 0 Å². The molecule has 1 aliphatic heterocycles. The summed E-state index contributed by atoms with van der Waals surface area (Å²) in [6.45, 7) is -1.37. The first-order valence-electron chi connectivity index (χ1n) is 4.92. The fraction of sp³-hybridized carbons (Fsp3) is 1.00. The number of ether oxygens (including phenoxy) is 1. The Morgan fingerprint density at radius 2 is 2.23 bits per heavy atom. The van der Waals surface area contributed by atoms with Gasteiger partial charge in [0, 0.05) is 6.04 Å². The third kappa shape index (κ3) is 5.16. The molecule has 0 saturated carbocycles. The molecular weight excluding hydrogens is 176 g/mol.